The molecule has 0 aliphatic carbocycles. The van der Waals surface area contributed by atoms with Gasteiger partial charge in [0.05, 0.1) is 12.7 Å². The number of ether oxygens (including phenoxy) is 1. The Balaban J connectivity index is 2.17. The zero-order valence-corrected chi connectivity index (χ0v) is 12.2. The van der Waals surface area contributed by atoms with E-state index in [-0.39, 0.29) is 5.91 Å². The number of hydrogen-bond donors (Lipinski definition) is 0. The van der Waals surface area contributed by atoms with E-state index in [1.807, 2.05) is 17.0 Å². The topological polar surface area (TPSA) is 32.8 Å². The molecule has 0 unspecified atom stereocenters. The number of nitrogens with zero attached hydrogens (tertiary/aromatic N) is 2. The van der Waals surface area contributed by atoms with Crippen molar-refractivity contribution in [3.05, 3.63) is 28.2 Å². The predicted octanol–water partition coefficient (Wildman–Crippen LogP) is 1.85. The summed E-state index contributed by atoms with van der Waals surface area (Å²) >= 11 is 3.43. The minimum Gasteiger partial charge on any atom is -0.497 e. The Morgan fingerprint density at radius 2 is 1.94 bits per heavy atom. The molecule has 1 aromatic carbocycles. The Morgan fingerprint density at radius 3 is 2.56 bits per heavy atom. The lowest BCUT2D eigenvalue weighted by Gasteiger charge is -2.32. The number of likely N-dealkylation sites (N-methyl/N-ethyl adjacent to an activating group) is 1. The number of hydrogen-bond acceptors (Lipinski definition) is 3. The number of carbonyl (C=O) groups is 1. The van der Waals surface area contributed by atoms with Gasteiger partial charge in [0, 0.05) is 30.7 Å². The van der Waals surface area contributed by atoms with Crippen LogP contribution in [0.25, 0.3) is 0 Å². The van der Waals surface area contributed by atoms with E-state index in [0.717, 1.165) is 30.7 Å². The molecule has 1 aliphatic heterocycles. The summed E-state index contributed by atoms with van der Waals surface area (Å²) in [6.45, 7) is 3.40. The maximum absolute atomic E-state index is 12.4. The molecule has 0 aromatic heterocycles. The molecular formula is C13H17BrN2O2. The molecule has 1 aliphatic rings. The van der Waals surface area contributed by atoms with E-state index in [4.69, 9.17) is 4.74 Å². The van der Waals surface area contributed by atoms with Crippen molar-refractivity contribution < 1.29 is 9.53 Å². The second-order valence-electron chi connectivity index (χ2n) is 4.44. The fraction of sp³-hybridized carbons (Fsp3) is 0.462. The number of halogens is 1. The minimum atomic E-state index is 0.0638. The predicted molar refractivity (Wildman–Crippen MR) is 74.1 cm³/mol. The molecule has 18 heavy (non-hydrogen) atoms. The third-order valence-corrected chi connectivity index (χ3v) is 3.89. The smallest absolute Gasteiger partial charge is 0.255 e. The van der Waals surface area contributed by atoms with Crippen LogP contribution in [0.15, 0.2) is 22.7 Å². The van der Waals surface area contributed by atoms with Crippen LogP contribution in [0.4, 0.5) is 0 Å². The lowest BCUT2D eigenvalue weighted by Crippen LogP contribution is -2.47. The molecule has 98 valence electrons. The molecule has 1 aromatic rings. The van der Waals surface area contributed by atoms with Crippen molar-refractivity contribution in [3.8, 4) is 5.75 Å². The van der Waals surface area contributed by atoms with Gasteiger partial charge in [-0.3, -0.25) is 4.79 Å². The Hall–Kier alpha value is -1.07. The number of benzene rings is 1. The Bertz CT molecular complexity index is 443. The average molecular weight is 313 g/mol. The van der Waals surface area contributed by atoms with Crippen LogP contribution < -0.4 is 4.74 Å². The zero-order chi connectivity index (χ0) is 13.1. The van der Waals surface area contributed by atoms with Gasteiger partial charge < -0.3 is 14.5 Å². The van der Waals surface area contributed by atoms with Crippen molar-refractivity contribution in [1.82, 2.24) is 9.80 Å². The second kappa shape index (κ2) is 5.71. The van der Waals surface area contributed by atoms with Crippen LogP contribution in [0.3, 0.4) is 0 Å². The van der Waals surface area contributed by atoms with Crippen molar-refractivity contribution in [2.45, 2.75) is 0 Å². The zero-order valence-electron chi connectivity index (χ0n) is 10.6. The van der Waals surface area contributed by atoms with Gasteiger partial charge in [0.25, 0.3) is 5.91 Å². The molecule has 0 radical (unpaired) electrons. The van der Waals surface area contributed by atoms with E-state index in [2.05, 4.69) is 27.9 Å². The first-order valence-electron chi connectivity index (χ1n) is 5.93. The molecule has 5 heteroatoms. The van der Waals surface area contributed by atoms with Crippen LogP contribution in [0, 0.1) is 0 Å². The van der Waals surface area contributed by atoms with Gasteiger partial charge in [-0.05, 0) is 41.2 Å². The summed E-state index contributed by atoms with van der Waals surface area (Å²) in [5.41, 5.74) is 0.666. The van der Waals surface area contributed by atoms with Crippen LogP contribution in [-0.4, -0.2) is 56.0 Å². The monoisotopic (exact) mass is 312 g/mol. The summed E-state index contributed by atoms with van der Waals surface area (Å²) in [7, 11) is 3.68. The van der Waals surface area contributed by atoms with Gasteiger partial charge in [0.15, 0.2) is 0 Å². The molecule has 2 rings (SSSR count). The molecule has 1 fully saturated rings. The van der Waals surface area contributed by atoms with Gasteiger partial charge in [-0.25, -0.2) is 0 Å². The highest BCUT2D eigenvalue weighted by Gasteiger charge is 2.22. The largest absolute Gasteiger partial charge is 0.497 e. The minimum absolute atomic E-state index is 0.0638. The molecule has 0 spiro atoms. The van der Waals surface area contributed by atoms with Crippen molar-refractivity contribution >= 4 is 21.8 Å². The Morgan fingerprint density at radius 1 is 1.28 bits per heavy atom. The standard InChI is InChI=1S/C13H17BrN2O2/c1-15-5-7-16(8-6-15)13(17)11-9-10(18-2)3-4-12(11)14/h3-4,9H,5-8H2,1-2H3. The fourth-order valence-corrected chi connectivity index (χ4v) is 2.39. The highest BCUT2D eigenvalue weighted by molar-refractivity contribution is 9.10. The molecule has 1 heterocycles. The molecule has 0 N–H and O–H groups in total. The van der Waals surface area contributed by atoms with Crippen molar-refractivity contribution in [2.24, 2.45) is 0 Å². The number of amides is 1. The van der Waals surface area contributed by atoms with Crippen LogP contribution in [0.2, 0.25) is 0 Å². The summed E-state index contributed by atoms with van der Waals surface area (Å²) < 4.78 is 5.98. The number of piperazine rings is 1. The first-order chi connectivity index (χ1) is 8.61. The van der Waals surface area contributed by atoms with E-state index in [1.165, 1.54) is 0 Å². The summed E-state index contributed by atoms with van der Waals surface area (Å²) in [5, 5.41) is 0. The fourth-order valence-electron chi connectivity index (χ4n) is 1.98. The maximum atomic E-state index is 12.4. The van der Waals surface area contributed by atoms with Gasteiger partial charge in [-0.2, -0.15) is 0 Å². The van der Waals surface area contributed by atoms with Crippen LogP contribution >= 0.6 is 15.9 Å². The molecule has 0 bridgehead atoms. The molecule has 0 atom stereocenters. The van der Waals surface area contributed by atoms with Crippen molar-refractivity contribution in [2.75, 3.05) is 40.3 Å². The Kier molecular flexibility index (Phi) is 4.24. The summed E-state index contributed by atoms with van der Waals surface area (Å²) in [4.78, 5) is 16.5. The lowest BCUT2D eigenvalue weighted by molar-refractivity contribution is 0.0663. The van der Waals surface area contributed by atoms with E-state index in [1.54, 1.807) is 13.2 Å². The van der Waals surface area contributed by atoms with Gasteiger partial charge >= 0.3 is 0 Å². The van der Waals surface area contributed by atoms with E-state index < -0.39 is 0 Å². The molecule has 0 saturated carbocycles. The third kappa shape index (κ3) is 2.84. The second-order valence-corrected chi connectivity index (χ2v) is 5.30. The molecule has 1 saturated heterocycles. The van der Waals surface area contributed by atoms with Crippen molar-refractivity contribution in [1.29, 1.82) is 0 Å². The SMILES string of the molecule is COc1ccc(Br)c(C(=O)N2CCN(C)CC2)c1. The van der Waals surface area contributed by atoms with Crippen molar-refractivity contribution in [3.63, 3.8) is 0 Å². The number of carbonyl (C=O) groups excluding carboxylic acids is 1. The van der Waals surface area contributed by atoms with Gasteiger partial charge in [0.1, 0.15) is 5.75 Å². The van der Waals surface area contributed by atoms with E-state index >= 15 is 0 Å². The van der Waals surface area contributed by atoms with Gasteiger partial charge in [-0.15, -0.1) is 0 Å². The first kappa shape index (κ1) is 13.4. The molecular weight excluding hydrogens is 296 g/mol. The molecule has 1 amide bonds. The highest BCUT2D eigenvalue weighted by atomic mass is 79.9. The quantitative estimate of drug-likeness (QED) is 0.835. The van der Waals surface area contributed by atoms with E-state index in [0.29, 0.717) is 11.3 Å². The van der Waals surface area contributed by atoms with Crippen LogP contribution in [0.5, 0.6) is 5.75 Å². The number of methoxy groups -OCH3 is 1. The summed E-state index contributed by atoms with van der Waals surface area (Å²) in [5.74, 6) is 0.768. The Labute approximate surface area is 116 Å². The average Bonchev–Trinajstić information content (AvgIpc) is 2.39. The number of rotatable bonds is 2. The first-order valence-corrected chi connectivity index (χ1v) is 6.72. The van der Waals surface area contributed by atoms with Crippen LogP contribution in [-0.2, 0) is 0 Å². The van der Waals surface area contributed by atoms with Gasteiger partial charge in [-0.1, -0.05) is 0 Å². The van der Waals surface area contributed by atoms with E-state index in [9.17, 15) is 4.79 Å². The highest BCUT2D eigenvalue weighted by Crippen LogP contribution is 2.24. The third-order valence-electron chi connectivity index (χ3n) is 3.19. The lowest BCUT2D eigenvalue weighted by atomic mass is 10.1. The van der Waals surface area contributed by atoms with Crippen LogP contribution in [0.1, 0.15) is 10.4 Å². The molecule has 4 nitrogen and oxygen atoms in total. The summed E-state index contributed by atoms with van der Waals surface area (Å²) in [6.07, 6.45) is 0. The maximum Gasteiger partial charge on any atom is 0.255 e. The summed E-state index contributed by atoms with van der Waals surface area (Å²) in [6, 6.07) is 5.47. The van der Waals surface area contributed by atoms with Gasteiger partial charge in [0.2, 0.25) is 0 Å². The normalized spacial score (nSPS) is 16.7.